The summed E-state index contributed by atoms with van der Waals surface area (Å²) in [5, 5.41) is 18.6. The molecule has 0 aliphatic rings. The fourth-order valence-corrected chi connectivity index (χ4v) is 1.33. The molecule has 0 saturated heterocycles. The molecule has 14 heavy (non-hydrogen) atoms. The lowest BCUT2D eigenvalue weighted by Gasteiger charge is -2.17. The van der Waals surface area contributed by atoms with Gasteiger partial charge in [-0.25, -0.2) is 0 Å². The van der Waals surface area contributed by atoms with Crippen LogP contribution in [-0.2, 0) is 4.79 Å². The SMILES string of the molecule is CC[C@H](C(=O)O)C(O)c1ccncc1. The van der Waals surface area contributed by atoms with Gasteiger partial charge in [0.05, 0.1) is 12.0 Å². The Kier molecular flexibility index (Phi) is 3.59. The number of rotatable bonds is 4. The van der Waals surface area contributed by atoms with Crippen molar-refractivity contribution in [3.8, 4) is 0 Å². The summed E-state index contributed by atoms with van der Waals surface area (Å²) >= 11 is 0. The lowest BCUT2D eigenvalue weighted by Crippen LogP contribution is -2.21. The van der Waals surface area contributed by atoms with Crippen molar-refractivity contribution in [1.82, 2.24) is 4.98 Å². The summed E-state index contributed by atoms with van der Waals surface area (Å²) in [4.78, 5) is 14.6. The molecular formula is C10H13NO3. The lowest BCUT2D eigenvalue weighted by atomic mass is 9.94. The smallest absolute Gasteiger partial charge is 0.309 e. The maximum atomic E-state index is 10.8. The van der Waals surface area contributed by atoms with Gasteiger partial charge in [0.1, 0.15) is 0 Å². The fourth-order valence-electron chi connectivity index (χ4n) is 1.33. The summed E-state index contributed by atoms with van der Waals surface area (Å²) in [6, 6.07) is 3.24. The summed E-state index contributed by atoms with van der Waals surface area (Å²) in [7, 11) is 0. The molecule has 0 aromatic carbocycles. The van der Waals surface area contributed by atoms with Crippen LogP contribution in [-0.4, -0.2) is 21.2 Å². The van der Waals surface area contributed by atoms with Crippen molar-refractivity contribution < 1.29 is 15.0 Å². The third kappa shape index (κ3) is 2.29. The van der Waals surface area contributed by atoms with Gasteiger partial charge in [-0.1, -0.05) is 6.92 Å². The Balaban J connectivity index is 2.83. The van der Waals surface area contributed by atoms with Crippen LogP contribution in [0.3, 0.4) is 0 Å². The Morgan fingerprint density at radius 1 is 1.50 bits per heavy atom. The summed E-state index contributed by atoms with van der Waals surface area (Å²) in [5.41, 5.74) is 0.592. The van der Waals surface area contributed by atoms with E-state index in [1.54, 1.807) is 19.1 Å². The van der Waals surface area contributed by atoms with Crippen LogP contribution in [0.5, 0.6) is 0 Å². The summed E-state index contributed by atoms with van der Waals surface area (Å²) in [6.07, 6.45) is 2.51. The number of carboxylic acids is 1. The monoisotopic (exact) mass is 195 g/mol. The summed E-state index contributed by atoms with van der Waals surface area (Å²) in [5.74, 6) is -1.73. The van der Waals surface area contributed by atoms with Gasteiger partial charge in [0.15, 0.2) is 0 Å². The molecule has 0 spiro atoms. The van der Waals surface area contributed by atoms with Crippen LogP contribution in [0, 0.1) is 5.92 Å². The molecule has 0 aliphatic heterocycles. The average Bonchev–Trinajstić information content (AvgIpc) is 2.19. The van der Waals surface area contributed by atoms with E-state index in [0.29, 0.717) is 12.0 Å². The topological polar surface area (TPSA) is 70.4 Å². The Morgan fingerprint density at radius 2 is 2.07 bits per heavy atom. The van der Waals surface area contributed by atoms with E-state index in [9.17, 15) is 9.90 Å². The molecule has 2 atom stereocenters. The first-order chi connectivity index (χ1) is 6.66. The van der Waals surface area contributed by atoms with Crippen molar-refractivity contribution >= 4 is 5.97 Å². The van der Waals surface area contributed by atoms with E-state index in [0.717, 1.165) is 0 Å². The molecule has 0 amide bonds. The number of carboxylic acid groups (broad SMARTS) is 1. The summed E-state index contributed by atoms with van der Waals surface area (Å²) in [6.45, 7) is 1.74. The second-order valence-electron chi connectivity index (χ2n) is 3.08. The molecule has 0 fully saturated rings. The molecule has 1 aromatic rings. The maximum absolute atomic E-state index is 10.8. The normalized spacial score (nSPS) is 14.7. The van der Waals surface area contributed by atoms with E-state index in [-0.39, 0.29) is 0 Å². The number of aliphatic hydroxyl groups is 1. The quantitative estimate of drug-likeness (QED) is 0.758. The van der Waals surface area contributed by atoms with Crippen molar-refractivity contribution in [2.75, 3.05) is 0 Å². The van der Waals surface area contributed by atoms with E-state index >= 15 is 0 Å². The number of aromatic nitrogens is 1. The average molecular weight is 195 g/mol. The zero-order valence-electron chi connectivity index (χ0n) is 7.92. The Labute approximate surface area is 82.2 Å². The van der Waals surface area contributed by atoms with Crippen molar-refractivity contribution in [3.05, 3.63) is 30.1 Å². The van der Waals surface area contributed by atoms with Crippen LogP contribution in [0.4, 0.5) is 0 Å². The molecule has 0 aliphatic carbocycles. The van der Waals surface area contributed by atoms with Crippen LogP contribution in [0.1, 0.15) is 25.0 Å². The highest BCUT2D eigenvalue weighted by Gasteiger charge is 2.25. The van der Waals surface area contributed by atoms with Gasteiger partial charge in [0.2, 0.25) is 0 Å². The standard InChI is InChI=1S/C10H13NO3/c1-2-8(10(13)14)9(12)7-3-5-11-6-4-7/h3-6,8-9,12H,2H2,1H3,(H,13,14)/t8-,9?/m0/s1. The molecule has 2 N–H and O–H groups in total. The second kappa shape index (κ2) is 4.72. The molecule has 1 heterocycles. The highest BCUT2D eigenvalue weighted by atomic mass is 16.4. The minimum Gasteiger partial charge on any atom is -0.481 e. The van der Waals surface area contributed by atoms with Crippen LogP contribution in [0.25, 0.3) is 0 Å². The van der Waals surface area contributed by atoms with Crippen LogP contribution in [0.2, 0.25) is 0 Å². The molecule has 1 rings (SSSR count). The predicted octanol–water partition coefficient (Wildman–Crippen LogP) is 1.23. The van der Waals surface area contributed by atoms with Crippen molar-refractivity contribution in [1.29, 1.82) is 0 Å². The van der Waals surface area contributed by atoms with Gasteiger partial charge in [-0.3, -0.25) is 9.78 Å². The van der Waals surface area contributed by atoms with Crippen molar-refractivity contribution in [3.63, 3.8) is 0 Å². The molecule has 0 saturated carbocycles. The number of carbonyl (C=O) groups is 1. The highest BCUT2D eigenvalue weighted by molar-refractivity contribution is 5.70. The molecule has 4 nitrogen and oxygen atoms in total. The van der Waals surface area contributed by atoms with E-state index in [1.165, 1.54) is 12.4 Å². The zero-order chi connectivity index (χ0) is 10.6. The van der Waals surface area contributed by atoms with Gasteiger partial charge in [-0.15, -0.1) is 0 Å². The molecule has 76 valence electrons. The van der Waals surface area contributed by atoms with Crippen LogP contribution >= 0.6 is 0 Å². The van der Waals surface area contributed by atoms with E-state index in [2.05, 4.69) is 4.98 Å². The number of hydrogen-bond donors (Lipinski definition) is 2. The highest BCUT2D eigenvalue weighted by Crippen LogP contribution is 2.23. The number of hydrogen-bond acceptors (Lipinski definition) is 3. The van der Waals surface area contributed by atoms with Gasteiger partial charge < -0.3 is 10.2 Å². The first-order valence-corrected chi connectivity index (χ1v) is 4.47. The molecule has 0 bridgehead atoms. The molecule has 1 aromatic heterocycles. The fraction of sp³-hybridized carbons (Fsp3) is 0.400. The number of pyridine rings is 1. The predicted molar refractivity (Wildman–Crippen MR) is 50.6 cm³/mol. The Hall–Kier alpha value is -1.42. The first kappa shape index (κ1) is 10.7. The molecule has 1 unspecified atom stereocenters. The van der Waals surface area contributed by atoms with Crippen molar-refractivity contribution in [2.24, 2.45) is 5.92 Å². The summed E-state index contributed by atoms with van der Waals surface area (Å²) < 4.78 is 0. The van der Waals surface area contributed by atoms with E-state index in [4.69, 9.17) is 5.11 Å². The van der Waals surface area contributed by atoms with Crippen LogP contribution < -0.4 is 0 Å². The van der Waals surface area contributed by atoms with E-state index in [1.807, 2.05) is 0 Å². The van der Waals surface area contributed by atoms with Crippen LogP contribution in [0.15, 0.2) is 24.5 Å². The maximum Gasteiger partial charge on any atom is 0.309 e. The zero-order valence-corrected chi connectivity index (χ0v) is 7.92. The van der Waals surface area contributed by atoms with Gasteiger partial charge in [-0.05, 0) is 24.1 Å². The van der Waals surface area contributed by atoms with E-state index < -0.39 is 18.0 Å². The first-order valence-electron chi connectivity index (χ1n) is 4.47. The van der Waals surface area contributed by atoms with Gasteiger partial charge in [0, 0.05) is 12.4 Å². The lowest BCUT2D eigenvalue weighted by molar-refractivity contribution is -0.146. The molecular weight excluding hydrogens is 182 g/mol. The molecule has 0 radical (unpaired) electrons. The number of aliphatic hydroxyl groups excluding tert-OH is 1. The third-order valence-corrected chi connectivity index (χ3v) is 2.19. The van der Waals surface area contributed by atoms with Gasteiger partial charge >= 0.3 is 5.97 Å². The minimum absolute atomic E-state index is 0.402. The van der Waals surface area contributed by atoms with Crippen molar-refractivity contribution in [2.45, 2.75) is 19.4 Å². The van der Waals surface area contributed by atoms with Gasteiger partial charge in [-0.2, -0.15) is 0 Å². The third-order valence-electron chi connectivity index (χ3n) is 2.19. The molecule has 4 heteroatoms. The number of nitrogens with zero attached hydrogens (tertiary/aromatic N) is 1. The Morgan fingerprint density at radius 3 is 2.50 bits per heavy atom. The second-order valence-corrected chi connectivity index (χ2v) is 3.08. The Bertz CT molecular complexity index is 299. The largest absolute Gasteiger partial charge is 0.481 e. The van der Waals surface area contributed by atoms with Gasteiger partial charge in [0.25, 0.3) is 0 Å². The minimum atomic E-state index is -0.975. The number of aliphatic carboxylic acids is 1.